The molecule has 1 atom stereocenters. The summed E-state index contributed by atoms with van der Waals surface area (Å²) in [7, 11) is 0. The SMILES string of the molecule is CC[C@@H](C(=O)NC(C)(C)C)N(Cc1ccc(C)cc1)C(=O)COc1ccc(Br)cc1Cl. The summed E-state index contributed by atoms with van der Waals surface area (Å²) in [4.78, 5) is 27.8. The zero-order valence-corrected chi connectivity index (χ0v) is 21.0. The number of hydrogen-bond acceptors (Lipinski definition) is 3. The summed E-state index contributed by atoms with van der Waals surface area (Å²) in [5.74, 6) is -0.0479. The zero-order valence-electron chi connectivity index (χ0n) is 18.7. The lowest BCUT2D eigenvalue weighted by molar-refractivity contribution is -0.143. The maximum atomic E-state index is 13.2. The van der Waals surface area contributed by atoms with Crippen LogP contribution in [0.3, 0.4) is 0 Å². The monoisotopic (exact) mass is 508 g/mol. The van der Waals surface area contributed by atoms with Crippen molar-refractivity contribution in [2.45, 2.75) is 59.2 Å². The molecule has 168 valence electrons. The van der Waals surface area contributed by atoms with Gasteiger partial charge in [-0.2, -0.15) is 0 Å². The number of ether oxygens (including phenoxy) is 1. The van der Waals surface area contributed by atoms with E-state index in [0.717, 1.165) is 15.6 Å². The van der Waals surface area contributed by atoms with E-state index in [-0.39, 0.29) is 18.4 Å². The predicted octanol–water partition coefficient (Wildman–Crippen LogP) is 5.51. The van der Waals surface area contributed by atoms with Crippen LogP contribution in [0.1, 0.15) is 45.2 Å². The van der Waals surface area contributed by atoms with Crippen molar-refractivity contribution in [3.05, 3.63) is 63.1 Å². The number of aryl methyl sites for hydroxylation is 1. The molecule has 0 bridgehead atoms. The minimum absolute atomic E-state index is 0.183. The highest BCUT2D eigenvalue weighted by Gasteiger charge is 2.31. The van der Waals surface area contributed by atoms with Crippen LogP contribution >= 0.6 is 27.5 Å². The smallest absolute Gasteiger partial charge is 0.261 e. The quantitative estimate of drug-likeness (QED) is 0.510. The summed E-state index contributed by atoms with van der Waals surface area (Å²) in [6.45, 7) is 9.76. The highest BCUT2D eigenvalue weighted by molar-refractivity contribution is 9.10. The van der Waals surface area contributed by atoms with Gasteiger partial charge in [0.15, 0.2) is 6.61 Å². The van der Waals surface area contributed by atoms with Crippen LogP contribution in [0.25, 0.3) is 0 Å². The molecule has 7 heteroatoms. The van der Waals surface area contributed by atoms with Crippen molar-refractivity contribution in [2.75, 3.05) is 6.61 Å². The van der Waals surface area contributed by atoms with E-state index in [4.69, 9.17) is 16.3 Å². The molecule has 2 aromatic carbocycles. The summed E-state index contributed by atoms with van der Waals surface area (Å²) in [6, 6.07) is 12.5. The first-order valence-electron chi connectivity index (χ1n) is 10.2. The van der Waals surface area contributed by atoms with Crippen LogP contribution in [-0.4, -0.2) is 34.9 Å². The van der Waals surface area contributed by atoms with Crippen molar-refractivity contribution in [1.82, 2.24) is 10.2 Å². The molecule has 0 aromatic heterocycles. The number of carbonyl (C=O) groups is 2. The van der Waals surface area contributed by atoms with Crippen LogP contribution in [0, 0.1) is 6.92 Å². The molecule has 0 spiro atoms. The van der Waals surface area contributed by atoms with Gasteiger partial charge in [0.1, 0.15) is 11.8 Å². The van der Waals surface area contributed by atoms with Crippen LogP contribution in [0.15, 0.2) is 46.9 Å². The Hall–Kier alpha value is -2.05. The van der Waals surface area contributed by atoms with Crippen LogP contribution in [-0.2, 0) is 16.1 Å². The van der Waals surface area contributed by atoms with Crippen LogP contribution < -0.4 is 10.1 Å². The molecule has 1 N–H and O–H groups in total. The third kappa shape index (κ3) is 7.86. The van der Waals surface area contributed by atoms with E-state index in [1.165, 1.54) is 0 Å². The van der Waals surface area contributed by atoms with E-state index in [9.17, 15) is 9.59 Å². The van der Waals surface area contributed by atoms with Gasteiger partial charge in [-0.05, 0) is 57.9 Å². The Morgan fingerprint density at radius 1 is 1.16 bits per heavy atom. The fourth-order valence-electron chi connectivity index (χ4n) is 3.08. The first-order chi connectivity index (χ1) is 14.5. The number of halogens is 2. The summed E-state index contributed by atoms with van der Waals surface area (Å²) in [5.41, 5.74) is 1.68. The van der Waals surface area contributed by atoms with E-state index in [0.29, 0.717) is 23.7 Å². The van der Waals surface area contributed by atoms with Gasteiger partial charge >= 0.3 is 0 Å². The second-order valence-electron chi connectivity index (χ2n) is 8.53. The molecule has 31 heavy (non-hydrogen) atoms. The number of benzene rings is 2. The Kier molecular flexibility index (Phi) is 8.95. The lowest BCUT2D eigenvalue weighted by Gasteiger charge is -2.33. The molecular formula is C24H30BrClN2O3. The average molecular weight is 510 g/mol. The van der Waals surface area contributed by atoms with Gasteiger partial charge in [-0.15, -0.1) is 0 Å². The molecule has 0 heterocycles. The summed E-state index contributed by atoms with van der Waals surface area (Å²) < 4.78 is 6.51. The van der Waals surface area contributed by atoms with E-state index >= 15 is 0 Å². The summed E-state index contributed by atoms with van der Waals surface area (Å²) >= 11 is 9.56. The Morgan fingerprint density at radius 2 is 1.81 bits per heavy atom. The largest absolute Gasteiger partial charge is 0.482 e. The minimum atomic E-state index is -0.614. The molecule has 0 unspecified atom stereocenters. The first kappa shape index (κ1) is 25.2. The highest BCUT2D eigenvalue weighted by Crippen LogP contribution is 2.28. The summed E-state index contributed by atoms with van der Waals surface area (Å²) in [5, 5.41) is 3.40. The van der Waals surface area contributed by atoms with Gasteiger partial charge in [-0.25, -0.2) is 0 Å². The molecule has 0 aliphatic heterocycles. The van der Waals surface area contributed by atoms with Gasteiger partial charge in [0.2, 0.25) is 5.91 Å². The highest BCUT2D eigenvalue weighted by atomic mass is 79.9. The van der Waals surface area contributed by atoms with Crippen molar-refractivity contribution < 1.29 is 14.3 Å². The van der Waals surface area contributed by atoms with Crippen LogP contribution in [0.2, 0.25) is 5.02 Å². The fourth-order valence-corrected chi connectivity index (χ4v) is 3.81. The van der Waals surface area contributed by atoms with E-state index in [2.05, 4.69) is 21.2 Å². The van der Waals surface area contributed by atoms with Crippen LogP contribution in [0.5, 0.6) is 5.75 Å². The molecule has 5 nitrogen and oxygen atoms in total. The van der Waals surface area contributed by atoms with Crippen molar-refractivity contribution in [3.8, 4) is 5.75 Å². The number of rotatable bonds is 8. The number of carbonyl (C=O) groups excluding carboxylic acids is 2. The molecule has 0 fully saturated rings. The lowest BCUT2D eigenvalue weighted by atomic mass is 10.1. The van der Waals surface area contributed by atoms with E-state index in [1.54, 1.807) is 23.1 Å². The maximum Gasteiger partial charge on any atom is 0.261 e. The third-order valence-corrected chi connectivity index (χ3v) is 5.39. The average Bonchev–Trinajstić information content (AvgIpc) is 2.67. The van der Waals surface area contributed by atoms with Gasteiger partial charge in [0.25, 0.3) is 5.91 Å². The molecule has 0 aliphatic carbocycles. The van der Waals surface area contributed by atoms with Gasteiger partial charge in [-0.3, -0.25) is 9.59 Å². The summed E-state index contributed by atoms with van der Waals surface area (Å²) in [6.07, 6.45) is 0.485. The topological polar surface area (TPSA) is 58.6 Å². The number of amides is 2. The van der Waals surface area contributed by atoms with E-state index in [1.807, 2.05) is 58.9 Å². The van der Waals surface area contributed by atoms with Crippen LogP contribution in [0.4, 0.5) is 0 Å². The molecule has 2 amide bonds. The molecule has 0 saturated heterocycles. The van der Waals surface area contributed by atoms with Gasteiger partial charge in [-0.1, -0.05) is 64.3 Å². The maximum absolute atomic E-state index is 13.2. The molecular weight excluding hydrogens is 480 g/mol. The minimum Gasteiger partial charge on any atom is -0.482 e. The Bertz CT molecular complexity index is 910. The number of nitrogens with zero attached hydrogens (tertiary/aromatic N) is 1. The molecule has 2 rings (SSSR count). The van der Waals surface area contributed by atoms with Crippen molar-refractivity contribution in [2.24, 2.45) is 0 Å². The van der Waals surface area contributed by atoms with Crippen molar-refractivity contribution >= 4 is 39.3 Å². The second-order valence-corrected chi connectivity index (χ2v) is 9.86. The Balaban J connectivity index is 2.24. The standard InChI is InChI=1S/C24H30BrClN2O3/c1-6-20(23(30)27-24(3,4)5)28(14-17-9-7-16(2)8-10-17)22(29)15-31-21-12-11-18(25)13-19(21)26/h7-13,20H,6,14-15H2,1-5H3,(H,27,30)/t20-/m0/s1. The fraction of sp³-hybridized carbons (Fsp3) is 0.417. The van der Waals surface area contributed by atoms with E-state index < -0.39 is 11.6 Å². The van der Waals surface area contributed by atoms with Gasteiger partial charge in [0.05, 0.1) is 5.02 Å². The Morgan fingerprint density at radius 3 is 2.35 bits per heavy atom. The molecule has 0 aliphatic rings. The molecule has 2 aromatic rings. The lowest BCUT2D eigenvalue weighted by Crippen LogP contribution is -2.54. The first-order valence-corrected chi connectivity index (χ1v) is 11.4. The van der Waals surface area contributed by atoms with Gasteiger partial charge < -0.3 is 15.0 Å². The Labute approximate surface area is 198 Å². The normalized spacial score (nSPS) is 12.2. The number of nitrogens with one attached hydrogen (secondary N) is 1. The second kappa shape index (κ2) is 11.0. The van der Waals surface area contributed by atoms with Crippen molar-refractivity contribution in [3.63, 3.8) is 0 Å². The number of hydrogen-bond donors (Lipinski definition) is 1. The molecule has 0 radical (unpaired) electrons. The predicted molar refractivity (Wildman–Crippen MR) is 128 cm³/mol. The zero-order chi connectivity index (χ0) is 23.2. The van der Waals surface area contributed by atoms with Gasteiger partial charge in [0, 0.05) is 16.6 Å². The molecule has 0 saturated carbocycles. The third-order valence-electron chi connectivity index (χ3n) is 4.60. The van der Waals surface area contributed by atoms with Crippen molar-refractivity contribution in [1.29, 1.82) is 0 Å².